The molecule has 0 bridgehead atoms. The molecule has 1 aliphatic heterocycles. The number of hydrogen-bond acceptors (Lipinski definition) is 3. The molecule has 0 unspecified atom stereocenters. The lowest BCUT2D eigenvalue weighted by Gasteiger charge is -2.19. The molecule has 92 valence electrons. The number of carbonyl (C=O) groups excluding carboxylic acids is 1. The van der Waals surface area contributed by atoms with Gasteiger partial charge in [0.2, 0.25) is 5.78 Å². The van der Waals surface area contributed by atoms with E-state index in [-0.39, 0.29) is 5.78 Å². The fourth-order valence-electron chi connectivity index (χ4n) is 2.47. The Bertz CT molecular complexity index is 600. The number of hydrogen-bond donors (Lipinski definition) is 1. The maximum Gasteiger partial charge on any atom is 0.203 e. The molecule has 2 nitrogen and oxygen atoms in total. The van der Waals surface area contributed by atoms with Gasteiger partial charge in [-0.3, -0.25) is 4.79 Å². The summed E-state index contributed by atoms with van der Waals surface area (Å²) in [6.07, 6.45) is 0.946. The monoisotopic (exact) mass is 257 g/mol. The zero-order chi connectivity index (χ0) is 12.5. The van der Waals surface area contributed by atoms with Gasteiger partial charge in [0, 0.05) is 12.1 Å². The summed E-state index contributed by atoms with van der Waals surface area (Å²) in [7, 11) is 0. The number of aryl methyl sites for hydroxylation is 1. The van der Waals surface area contributed by atoms with Gasteiger partial charge in [-0.05, 0) is 48.0 Å². The summed E-state index contributed by atoms with van der Waals surface area (Å²) < 4.78 is 0. The minimum Gasteiger partial charge on any atom is -0.312 e. The summed E-state index contributed by atoms with van der Waals surface area (Å²) in [6, 6.07) is 8.07. The molecule has 1 aromatic heterocycles. The molecule has 0 radical (unpaired) electrons. The Morgan fingerprint density at radius 1 is 1.33 bits per heavy atom. The van der Waals surface area contributed by atoms with E-state index in [1.54, 1.807) is 0 Å². The molecular weight excluding hydrogens is 242 g/mol. The predicted octanol–water partition coefficient (Wildman–Crippen LogP) is 2.93. The van der Waals surface area contributed by atoms with Gasteiger partial charge >= 0.3 is 0 Å². The Balaban J connectivity index is 2.07. The second-order valence-electron chi connectivity index (χ2n) is 4.63. The standard InChI is InChI=1S/C15H15NOS/c1-10-6-8-18-15(10)14(17)13-4-2-3-11-9-16-7-5-12(11)13/h2-4,6,8,16H,5,7,9H2,1H3. The Kier molecular flexibility index (Phi) is 3.02. The molecule has 0 saturated heterocycles. The first-order valence-corrected chi connectivity index (χ1v) is 7.05. The van der Waals surface area contributed by atoms with Crippen LogP contribution >= 0.6 is 11.3 Å². The van der Waals surface area contributed by atoms with Crippen LogP contribution in [0.5, 0.6) is 0 Å². The van der Waals surface area contributed by atoms with Crippen LogP contribution in [-0.2, 0) is 13.0 Å². The van der Waals surface area contributed by atoms with Crippen molar-refractivity contribution in [2.24, 2.45) is 0 Å². The summed E-state index contributed by atoms with van der Waals surface area (Å²) >= 11 is 1.54. The quantitative estimate of drug-likeness (QED) is 0.838. The molecule has 1 aliphatic rings. The van der Waals surface area contributed by atoms with E-state index < -0.39 is 0 Å². The average Bonchev–Trinajstić information content (AvgIpc) is 2.83. The maximum absolute atomic E-state index is 12.6. The van der Waals surface area contributed by atoms with E-state index in [2.05, 4.69) is 11.4 Å². The lowest BCUT2D eigenvalue weighted by atomic mass is 9.92. The van der Waals surface area contributed by atoms with E-state index in [0.717, 1.165) is 35.5 Å². The minimum absolute atomic E-state index is 0.182. The largest absolute Gasteiger partial charge is 0.312 e. The van der Waals surface area contributed by atoms with E-state index in [1.165, 1.54) is 22.5 Å². The van der Waals surface area contributed by atoms with Crippen molar-refractivity contribution < 1.29 is 4.79 Å². The van der Waals surface area contributed by atoms with Crippen molar-refractivity contribution in [2.45, 2.75) is 19.9 Å². The first-order chi connectivity index (χ1) is 8.77. The highest BCUT2D eigenvalue weighted by Crippen LogP contribution is 2.25. The van der Waals surface area contributed by atoms with Crippen molar-refractivity contribution >= 4 is 17.1 Å². The molecule has 3 rings (SSSR count). The molecule has 2 aromatic rings. The lowest BCUT2D eigenvalue weighted by Crippen LogP contribution is -2.25. The van der Waals surface area contributed by atoms with Crippen molar-refractivity contribution in [3.05, 3.63) is 56.8 Å². The van der Waals surface area contributed by atoms with E-state index in [4.69, 9.17) is 0 Å². The van der Waals surface area contributed by atoms with Crippen molar-refractivity contribution in [3.63, 3.8) is 0 Å². The van der Waals surface area contributed by atoms with E-state index in [0.29, 0.717) is 0 Å². The number of benzene rings is 1. The SMILES string of the molecule is Cc1ccsc1C(=O)c1cccc2c1CCNC2. The van der Waals surface area contributed by atoms with Gasteiger partial charge in [0.05, 0.1) is 4.88 Å². The van der Waals surface area contributed by atoms with Crippen LogP contribution in [0.15, 0.2) is 29.6 Å². The number of carbonyl (C=O) groups is 1. The van der Waals surface area contributed by atoms with Crippen LogP contribution in [-0.4, -0.2) is 12.3 Å². The molecule has 0 amide bonds. The van der Waals surface area contributed by atoms with Crippen LogP contribution in [0.3, 0.4) is 0 Å². The van der Waals surface area contributed by atoms with Crippen LogP contribution in [0, 0.1) is 6.92 Å². The molecule has 0 atom stereocenters. The second-order valence-corrected chi connectivity index (χ2v) is 5.55. The molecule has 0 fully saturated rings. The third kappa shape index (κ3) is 1.89. The second kappa shape index (κ2) is 4.67. The molecule has 3 heteroatoms. The number of nitrogens with one attached hydrogen (secondary N) is 1. The molecular formula is C15H15NOS. The topological polar surface area (TPSA) is 29.1 Å². The zero-order valence-corrected chi connectivity index (χ0v) is 11.1. The molecule has 18 heavy (non-hydrogen) atoms. The minimum atomic E-state index is 0.182. The molecule has 0 spiro atoms. The van der Waals surface area contributed by atoms with Gasteiger partial charge in [-0.15, -0.1) is 11.3 Å². The van der Waals surface area contributed by atoms with Gasteiger partial charge in [-0.2, -0.15) is 0 Å². The average molecular weight is 257 g/mol. The summed E-state index contributed by atoms with van der Waals surface area (Å²) in [6.45, 7) is 3.83. The van der Waals surface area contributed by atoms with Gasteiger partial charge in [0.1, 0.15) is 0 Å². The predicted molar refractivity (Wildman–Crippen MR) is 74.3 cm³/mol. The van der Waals surface area contributed by atoms with Gasteiger partial charge in [0.25, 0.3) is 0 Å². The van der Waals surface area contributed by atoms with Crippen LogP contribution in [0.2, 0.25) is 0 Å². The van der Waals surface area contributed by atoms with Gasteiger partial charge in [-0.25, -0.2) is 0 Å². The Labute approximate surface area is 111 Å². The molecule has 1 N–H and O–H groups in total. The third-order valence-electron chi connectivity index (χ3n) is 3.45. The fourth-order valence-corrected chi connectivity index (χ4v) is 3.35. The number of fused-ring (bicyclic) bond motifs is 1. The maximum atomic E-state index is 12.6. The summed E-state index contributed by atoms with van der Waals surface area (Å²) in [5.41, 5.74) is 4.46. The van der Waals surface area contributed by atoms with Gasteiger partial charge < -0.3 is 5.32 Å². The smallest absolute Gasteiger partial charge is 0.203 e. The first-order valence-electron chi connectivity index (χ1n) is 6.17. The van der Waals surface area contributed by atoms with E-state index in [9.17, 15) is 4.79 Å². The molecule has 1 aromatic carbocycles. The van der Waals surface area contributed by atoms with Crippen LogP contribution in [0.1, 0.15) is 31.9 Å². The Morgan fingerprint density at radius 2 is 2.22 bits per heavy atom. The number of thiophene rings is 1. The Morgan fingerprint density at radius 3 is 3.00 bits per heavy atom. The van der Waals surface area contributed by atoms with Gasteiger partial charge in [0.15, 0.2) is 0 Å². The molecule has 0 saturated carbocycles. The van der Waals surface area contributed by atoms with Crippen molar-refractivity contribution in [3.8, 4) is 0 Å². The fraction of sp³-hybridized carbons (Fsp3) is 0.267. The van der Waals surface area contributed by atoms with Crippen molar-refractivity contribution in [1.29, 1.82) is 0 Å². The lowest BCUT2D eigenvalue weighted by molar-refractivity contribution is 0.104. The van der Waals surface area contributed by atoms with E-state index >= 15 is 0 Å². The summed E-state index contributed by atoms with van der Waals surface area (Å²) in [5.74, 6) is 0.182. The highest BCUT2D eigenvalue weighted by molar-refractivity contribution is 7.12. The summed E-state index contributed by atoms with van der Waals surface area (Å²) in [5, 5.41) is 5.33. The molecule has 0 aliphatic carbocycles. The number of ketones is 1. The third-order valence-corrected chi connectivity index (χ3v) is 4.47. The van der Waals surface area contributed by atoms with Gasteiger partial charge in [-0.1, -0.05) is 18.2 Å². The number of rotatable bonds is 2. The highest BCUT2D eigenvalue weighted by Gasteiger charge is 2.20. The van der Waals surface area contributed by atoms with E-state index in [1.807, 2.05) is 30.5 Å². The van der Waals surface area contributed by atoms with Crippen LogP contribution < -0.4 is 5.32 Å². The molecule has 2 heterocycles. The normalized spacial score (nSPS) is 14.3. The first kappa shape index (κ1) is 11.6. The van der Waals surface area contributed by atoms with Crippen LogP contribution in [0.4, 0.5) is 0 Å². The Hall–Kier alpha value is -1.45. The zero-order valence-electron chi connectivity index (χ0n) is 10.3. The highest BCUT2D eigenvalue weighted by atomic mass is 32.1. The van der Waals surface area contributed by atoms with Crippen molar-refractivity contribution in [1.82, 2.24) is 5.32 Å². The van der Waals surface area contributed by atoms with Crippen molar-refractivity contribution in [2.75, 3.05) is 6.54 Å². The van der Waals surface area contributed by atoms with Crippen LogP contribution in [0.25, 0.3) is 0 Å². The summed E-state index contributed by atoms with van der Waals surface area (Å²) in [4.78, 5) is 13.5.